The lowest BCUT2D eigenvalue weighted by molar-refractivity contribution is 0.0900. The maximum absolute atomic E-state index is 12.3. The summed E-state index contributed by atoms with van der Waals surface area (Å²) >= 11 is 0. The van der Waals surface area contributed by atoms with Crippen LogP contribution in [0.5, 0.6) is 0 Å². The third kappa shape index (κ3) is 3.04. The highest BCUT2D eigenvalue weighted by molar-refractivity contribution is 5.94. The molecule has 1 amide bonds. The third-order valence-electron chi connectivity index (χ3n) is 4.83. The summed E-state index contributed by atoms with van der Waals surface area (Å²) in [6, 6.07) is 5.90. The molecule has 110 valence electrons. The molecule has 3 heteroatoms. The topological polar surface area (TPSA) is 32.3 Å². The monoisotopic (exact) mass is 274 g/mol. The van der Waals surface area contributed by atoms with Crippen LogP contribution in [0.25, 0.3) is 0 Å². The van der Waals surface area contributed by atoms with Crippen molar-refractivity contribution in [3.8, 4) is 0 Å². The van der Waals surface area contributed by atoms with Gasteiger partial charge in [-0.1, -0.05) is 18.9 Å². The molecule has 20 heavy (non-hydrogen) atoms. The smallest absolute Gasteiger partial charge is 0.251 e. The average molecular weight is 274 g/mol. The van der Waals surface area contributed by atoms with Gasteiger partial charge in [0.15, 0.2) is 0 Å². The van der Waals surface area contributed by atoms with Gasteiger partial charge in [0.25, 0.3) is 5.91 Å². The molecule has 0 saturated heterocycles. The summed E-state index contributed by atoms with van der Waals surface area (Å²) in [5.41, 5.74) is 3.30. The van der Waals surface area contributed by atoms with Crippen molar-refractivity contribution in [3.63, 3.8) is 0 Å². The number of amides is 1. The second-order valence-electron chi connectivity index (χ2n) is 6.31. The summed E-state index contributed by atoms with van der Waals surface area (Å²) in [7, 11) is 4.24. The highest BCUT2D eigenvalue weighted by Gasteiger charge is 2.36. The predicted octanol–water partition coefficient (Wildman–Crippen LogP) is 2.91. The Morgan fingerprint density at radius 2 is 1.85 bits per heavy atom. The van der Waals surface area contributed by atoms with Crippen LogP contribution in [0.2, 0.25) is 0 Å². The molecule has 1 fully saturated rings. The Kier molecular flexibility index (Phi) is 4.48. The van der Waals surface area contributed by atoms with E-state index in [-0.39, 0.29) is 11.4 Å². The second kappa shape index (κ2) is 5.96. The minimum absolute atomic E-state index is 0.0428. The highest BCUT2D eigenvalue weighted by Crippen LogP contribution is 2.33. The van der Waals surface area contributed by atoms with Crippen LogP contribution in [0, 0.1) is 13.8 Å². The van der Waals surface area contributed by atoms with Crippen LogP contribution in [0.3, 0.4) is 0 Å². The SMILES string of the molecule is Cc1ccc(C(=O)NCC2(N(C)C)CCCC2)cc1C. The first-order chi connectivity index (χ1) is 9.44. The van der Waals surface area contributed by atoms with E-state index < -0.39 is 0 Å². The molecule has 0 heterocycles. The van der Waals surface area contributed by atoms with Crippen molar-refractivity contribution in [3.05, 3.63) is 34.9 Å². The highest BCUT2D eigenvalue weighted by atomic mass is 16.1. The molecule has 0 unspecified atom stereocenters. The Labute approximate surface area is 122 Å². The van der Waals surface area contributed by atoms with E-state index >= 15 is 0 Å². The van der Waals surface area contributed by atoms with E-state index in [1.54, 1.807) is 0 Å². The molecule has 0 aliphatic heterocycles. The lowest BCUT2D eigenvalue weighted by Crippen LogP contribution is -2.50. The average Bonchev–Trinajstić information content (AvgIpc) is 2.89. The number of carbonyl (C=O) groups is 1. The fourth-order valence-electron chi connectivity index (χ4n) is 3.04. The predicted molar refractivity (Wildman–Crippen MR) is 83.1 cm³/mol. The molecule has 0 atom stereocenters. The van der Waals surface area contributed by atoms with Crippen LogP contribution in [0.15, 0.2) is 18.2 Å². The van der Waals surface area contributed by atoms with Crippen LogP contribution in [-0.4, -0.2) is 37.0 Å². The molecule has 1 aromatic carbocycles. The zero-order chi connectivity index (χ0) is 14.8. The molecule has 1 aliphatic rings. The number of benzene rings is 1. The summed E-state index contributed by atoms with van der Waals surface area (Å²) < 4.78 is 0. The molecule has 1 N–H and O–H groups in total. The minimum atomic E-state index is 0.0428. The van der Waals surface area contributed by atoms with Gasteiger partial charge in [-0.15, -0.1) is 0 Å². The van der Waals surface area contributed by atoms with Crippen molar-refractivity contribution in [2.75, 3.05) is 20.6 Å². The summed E-state index contributed by atoms with van der Waals surface area (Å²) in [6.45, 7) is 4.85. The number of hydrogen-bond donors (Lipinski definition) is 1. The first-order valence-corrected chi connectivity index (χ1v) is 7.47. The number of aryl methyl sites for hydroxylation is 2. The maximum Gasteiger partial charge on any atom is 0.251 e. The Bertz CT molecular complexity index is 488. The van der Waals surface area contributed by atoms with Crippen molar-refractivity contribution in [2.45, 2.75) is 45.1 Å². The van der Waals surface area contributed by atoms with E-state index in [9.17, 15) is 4.79 Å². The zero-order valence-corrected chi connectivity index (χ0v) is 13.1. The Balaban J connectivity index is 2.02. The number of nitrogens with zero attached hydrogens (tertiary/aromatic N) is 1. The van der Waals surface area contributed by atoms with Crippen LogP contribution in [0.4, 0.5) is 0 Å². The van der Waals surface area contributed by atoms with Crippen molar-refractivity contribution in [1.29, 1.82) is 0 Å². The number of nitrogens with one attached hydrogen (secondary N) is 1. The van der Waals surface area contributed by atoms with E-state index in [1.165, 1.54) is 36.8 Å². The summed E-state index contributed by atoms with van der Waals surface area (Å²) in [5, 5.41) is 3.13. The number of rotatable bonds is 4. The Morgan fingerprint density at radius 1 is 1.20 bits per heavy atom. The van der Waals surface area contributed by atoms with Gasteiger partial charge in [0, 0.05) is 17.6 Å². The molecular weight excluding hydrogens is 248 g/mol. The lowest BCUT2D eigenvalue weighted by Gasteiger charge is -2.36. The normalized spacial score (nSPS) is 17.4. The Morgan fingerprint density at radius 3 is 2.40 bits per heavy atom. The fraction of sp³-hybridized carbons (Fsp3) is 0.588. The van der Waals surface area contributed by atoms with Crippen molar-refractivity contribution >= 4 is 5.91 Å². The first kappa shape index (κ1) is 15.0. The van der Waals surface area contributed by atoms with Gasteiger partial charge in [-0.3, -0.25) is 4.79 Å². The van der Waals surface area contributed by atoms with Gasteiger partial charge in [-0.2, -0.15) is 0 Å². The van der Waals surface area contributed by atoms with E-state index in [0.29, 0.717) is 0 Å². The maximum atomic E-state index is 12.3. The molecule has 0 bridgehead atoms. The third-order valence-corrected chi connectivity index (χ3v) is 4.83. The van der Waals surface area contributed by atoms with Crippen molar-refractivity contribution in [2.24, 2.45) is 0 Å². The van der Waals surface area contributed by atoms with Crippen LogP contribution >= 0.6 is 0 Å². The van der Waals surface area contributed by atoms with E-state index in [2.05, 4.69) is 31.2 Å². The minimum Gasteiger partial charge on any atom is -0.350 e. The largest absolute Gasteiger partial charge is 0.350 e. The molecule has 3 nitrogen and oxygen atoms in total. The standard InChI is InChI=1S/C17H26N2O/c1-13-7-8-15(11-14(13)2)16(20)18-12-17(19(3)4)9-5-6-10-17/h7-8,11H,5-6,9-10,12H2,1-4H3,(H,18,20). The molecule has 0 aromatic heterocycles. The van der Waals surface area contributed by atoms with Gasteiger partial charge >= 0.3 is 0 Å². The van der Waals surface area contributed by atoms with Crippen LogP contribution in [0.1, 0.15) is 47.2 Å². The van der Waals surface area contributed by atoms with Gasteiger partial charge in [0.1, 0.15) is 0 Å². The Hall–Kier alpha value is -1.35. The quantitative estimate of drug-likeness (QED) is 0.915. The molecule has 1 aromatic rings. The van der Waals surface area contributed by atoms with Gasteiger partial charge < -0.3 is 10.2 Å². The van der Waals surface area contributed by atoms with E-state index in [0.717, 1.165) is 12.1 Å². The first-order valence-electron chi connectivity index (χ1n) is 7.47. The van der Waals surface area contributed by atoms with Gasteiger partial charge in [0.2, 0.25) is 0 Å². The van der Waals surface area contributed by atoms with Crippen molar-refractivity contribution in [1.82, 2.24) is 10.2 Å². The van der Waals surface area contributed by atoms with E-state index in [1.807, 2.05) is 25.1 Å². The van der Waals surface area contributed by atoms with Crippen molar-refractivity contribution < 1.29 is 4.79 Å². The molecule has 0 spiro atoms. The van der Waals surface area contributed by atoms with Gasteiger partial charge in [0.05, 0.1) is 0 Å². The molecule has 2 rings (SSSR count). The zero-order valence-electron chi connectivity index (χ0n) is 13.1. The number of likely N-dealkylation sites (N-methyl/N-ethyl adjacent to an activating group) is 1. The summed E-state index contributed by atoms with van der Waals surface area (Å²) in [6.07, 6.45) is 4.87. The summed E-state index contributed by atoms with van der Waals surface area (Å²) in [5.74, 6) is 0.0428. The van der Waals surface area contributed by atoms with E-state index in [4.69, 9.17) is 0 Å². The molecule has 1 aliphatic carbocycles. The van der Waals surface area contributed by atoms with Crippen LogP contribution < -0.4 is 5.32 Å². The van der Waals surface area contributed by atoms with Gasteiger partial charge in [-0.05, 0) is 64.0 Å². The second-order valence-corrected chi connectivity index (χ2v) is 6.31. The fourth-order valence-corrected chi connectivity index (χ4v) is 3.04. The lowest BCUT2D eigenvalue weighted by atomic mass is 9.95. The summed E-state index contributed by atoms with van der Waals surface area (Å²) in [4.78, 5) is 14.6. The molecule has 1 saturated carbocycles. The van der Waals surface area contributed by atoms with Gasteiger partial charge in [-0.25, -0.2) is 0 Å². The number of hydrogen-bond acceptors (Lipinski definition) is 2. The number of carbonyl (C=O) groups excluding carboxylic acids is 1. The van der Waals surface area contributed by atoms with Crippen LogP contribution in [-0.2, 0) is 0 Å². The molecular formula is C17H26N2O. The molecule has 0 radical (unpaired) electrons.